The van der Waals surface area contributed by atoms with E-state index in [9.17, 15) is 0 Å². The first-order chi connectivity index (χ1) is 7.69. The molecule has 1 fully saturated rings. The molecule has 2 rings (SSSR count). The molecule has 1 saturated heterocycles. The van der Waals surface area contributed by atoms with E-state index in [0.29, 0.717) is 11.8 Å². The van der Waals surface area contributed by atoms with Gasteiger partial charge >= 0.3 is 0 Å². The van der Waals surface area contributed by atoms with Crippen molar-refractivity contribution >= 4 is 0 Å². The van der Waals surface area contributed by atoms with E-state index in [-0.39, 0.29) is 6.04 Å². The van der Waals surface area contributed by atoms with Gasteiger partial charge in [-0.15, -0.1) is 0 Å². The number of aryl methyl sites for hydroxylation is 1. The molecule has 2 heterocycles. The van der Waals surface area contributed by atoms with Crippen LogP contribution in [0, 0.1) is 5.92 Å². The highest BCUT2D eigenvalue weighted by atomic mass is 16.5. The highest BCUT2D eigenvalue weighted by molar-refractivity contribution is 4.90. The van der Waals surface area contributed by atoms with E-state index in [0.717, 1.165) is 38.3 Å². The van der Waals surface area contributed by atoms with Crippen molar-refractivity contribution in [1.29, 1.82) is 0 Å². The molecule has 0 radical (unpaired) electrons. The van der Waals surface area contributed by atoms with Crippen LogP contribution in [0.3, 0.4) is 0 Å². The molecule has 2 unspecified atom stereocenters. The molecule has 2 N–H and O–H groups in total. The predicted octanol–water partition coefficient (Wildman–Crippen LogP) is 0.801. The molecule has 2 atom stereocenters. The molecule has 5 heteroatoms. The first kappa shape index (κ1) is 11.5. The fourth-order valence-corrected chi connectivity index (χ4v) is 2.10. The van der Waals surface area contributed by atoms with Gasteiger partial charge in [0, 0.05) is 25.6 Å². The Balaban J connectivity index is 1.89. The van der Waals surface area contributed by atoms with Gasteiger partial charge in [-0.2, -0.15) is 4.98 Å². The summed E-state index contributed by atoms with van der Waals surface area (Å²) in [6.45, 7) is 6.96. The summed E-state index contributed by atoms with van der Waals surface area (Å²) in [5.41, 5.74) is 5.97. The number of nitrogens with two attached hydrogens (primary N) is 1. The molecule has 90 valence electrons. The van der Waals surface area contributed by atoms with Crippen LogP contribution < -0.4 is 5.73 Å². The minimum absolute atomic E-state index is 0.276. The van der Waals surface area contributed by atoms with Crippen molar-refractivity contribution in [2.45, 2.75) is 39.3 Å². The standard InChI is InChI=1S/C11H20N4O/c1-3-4-10-13-11(16-14-10)7-15-5-8(2)9(12)6-15/h8-9H,3-7,12H2,1-2H3. The zero-order valence-corrected chi connectivity index (χ0v) is 10.0. The Bertz CT molecular complexity index is 328. The van der Waals surface area contributed by atoms with E-state index in [1.807, 2.05) is 0 Å². The largest absolute Gasteiger partial charge is 0.338 e. The average molecular weight is 224 g/mol. The maximum absolute atomic E-state index is 5.97. The maximum Gasteiger partial charge on any atom is 0.240 e. The van der Waals surface area contributed by atoms with Gasteiger partial charge < -0.3 is 10.3 Å². The second kappa shape index (κ2) is 4.93. The summed E-state index contributed by atoms with van der Waals surface area (Å²) in [6.07, 6.45) is 1.93. The minimum Gasteiger partial charge on any atom is -0.338 e. The number of likely N-dealkylation sites (tertiary alicyclic amines) is 1. The first-order valence-electron chi connectivity index (χ1n) is 5.98. The Hall–Kier alpha value is -0.940. The number of nitrogens with zero attached hydrogens (tertiary/aromatic N) is 3. The summed E-state index contributed by atoms with van der Waals surface area (Å²) < 4.78 is 5.21. The van der Waals surface area contributed by atoms with Gasteiger partial charge in [0.2, 0.25) is 5.89 Å². The quantitative estimate of drug-likeness (QED) is 0.819. The third-order valence-electron chi connectivity index (χ3n) is 3.09. The zero-order chi connectivity index (χ0) is 11.5. The lowest BCUT2D eigenvalue weighted by molar-refractivity contribution is 0.260. The summed E-state index contributed by atoms with van der Waals surface area (Å²) in [4.78, 5) is 6.63. The molecule has 1 aliphatic heterocycles. The first-order valence-corrected chi connectivity index (χ1v) is 5.98. The lowest BCUT2D eigenvalue weighted by atomic mass is 10.1. The van der Waals surface area contributed by atoms with Crippen molar-refractivity contribution in [1.82, 2.24) is 15.0 Å². The van der Waals surface area contributed by atoms with Gasteiger partial charge in [0.15, 0.2) is 5.82 Å². The van der Waals surface area contributed by atoms with Crippen LogP contribution in [0.15, 0.2) is 4.52 Å². The van der Waals surface area contributed by atoms with E-state index in [4.69, 9.17) is 10.3 Å². The molecule has 1 aromatic heterocycles. The fourth-order valence-electron chi connectivity index (χ4n) is 2.10. The minimum atomic E-state index is 0.276. The van der Waals surface area contributed by atoms with Crippen LogP contribution in [0.4, 0.5) is 0 Å². The van der Waals surface area contributed by atoms with Crippen LogP contribution in [-0.2, 0) is 13.0 Å². The van der Waals surface area contributed by atoms with Gasteiger partial charge in [0.05, 0.1) is 6.54 Å². The lowest BCUT2D eigenvalue weighted by Gasteiger charge is -2.11. The molecule has 16 heavy (non-hydrogen) atoms. The fraction of sp³-hybridized carbons (Fsp3) is 0.818. The second-order valence-electron chi connectivity index (χ2n) is 4.69. The van der Waals surface area contributed by atoms with E-state index in [2.05, 4.69) is 28.9 Å². The molecule has 0 aromatic carbocycles. The van der Waals surface area contributed by atoms with Crippen LogP contribution >= 0.6 is 0 Å². The molecule has 0 bridgehead atoms. The third kappa shape index (κ3) is 2.59. The Kier molecular flexibility index (Phi) is 3.56. The Labute approximate surface area is 96.0 Å². The summed E-state index contributed by atoms with van der Waals surface area (Å²) in [5.74, 6) is 2.08. The predicted molar refractivity (Wildman–Crippen MR) is 60.7 cm³/mol. The van der Waals surface area contributed by atoms with Gasteiger partial charge in [-0.1, -0.05) is 19.0 Å². The SMILES string of the molecule is CCCc1noc(CN2CC(C)C(N)C2)n1. The topological polar surface area (TPSA) is 68.2 Å². The zero-order valence-electron chi connectivity index (χ0n) is 10.0. The van der Waals surface area contributed by atoms with Gasteiger partial charge in [-0.3, -0.25) is 4.90 Å². The third-order valence-corrected chi connectivity index (χ3v) is 3.09. The van der Waals surface area contributed by atoms with E-state index in [1.165, 1.54) is 0 Å². The van der Waals surface area contributed by atoms with E-state index >= 15 is 0 Å². The van der Waals surface area contributed by atoms with Crippen molar-refractivity contribution in [2.24, 2.45) is 11.7 Å². The van der Waals surface area contributed by atoms with E-state index in [1.54, 1.807) is 0 Å². The van der Waals surface area contributed by atoms with Crippen LogP contribution in [0.1, 0.15) is 32.0 Å². The summed E-state index contributed by atoms with van der Waals surface area (Å²) in [6, 6.07) is 0.276. The summed E-state index contributed by atoms with van der Waals surface area (Å²) in [7, 11) is 0. The van der Waals surface area contributed by atoms with Crippen molar-refractivity contribution in [2.75, 3.05) is 13.1 Å². The molecule has 0 amide bonds. The number of hydrogen-bond acceptors (Lipinski definition) is 5. The van der Waals surface area contributed by atoms with Crippen LogP contribution in [0.5, 0.6) is 0 Å². The maximum atomic E-state index is 5.97. The van der Waals surface area contributed by atoms with Crippen LogP contribution in [-0.4, -0.2) is 34.2 Å². The van der Waals surface area contributed by atoms with Gasteiger partial charge in [0.25, 0.3) is 0 Å². The molecular weight excluding hydrogens is 204 g/mol. The van der Waals surface area contributed by atoms with Gasteiger partial charge in [0.1, 0.15) is 0 Å². The molecule has 5 nitrogen and oxygen atoms in total. The molecule has 1 aromatic rings. The molecule has 1 aliphatic rings. The lowest BCUT2D eigenvalue weighted by Crippen LogP contribution is -2.28. The Morgan fingerprint density at radius 1 is 1.50 bits per heavy atom. The summed E-state index contributed by atoms with van der Waals surface area (Å²) >= 11 is 0. The van der Waals surface area contributed by atoms with Crippen molar-refractivity contribution < 1.29 is 4.52 Å². The molecule has 0 spiro atoms. The number of hydrogen-bond donors (Lipinski definition) is 1. The van der Waals surface area contributed by atoms with Crippen molar-refractivity contribution in [3.8, 4) is 0 Å². The average Bonchev–Trinajstić information content (AvgIpc) is 2.77. The molecule has 0 saturated carbocycles. The second-order valence-corrected chi connectivity index (χ2v) is 4.69. The number of aromatic nitrogens is 2. The molecule has 0 aliphatic carbocycles. The summed E-state index contributed by atoms with van der Waals surface area (Å²) in [5, 5.41) is 3.94. The van der Waals surface area contributed by atoms with Crippen LogP contribution in [0.25, 0.3) is 0 Å². The highest BCUT2D eigenvalue weighted by Crippen LogP contribution is 2.16. The normalized spacial score (nSPS) is 26.4. The monoisotopic (exact) mass is 224 g/mol. The van der Waals surface area contributed by atoms with Crippen molar-refractivity contribution in [3.05, 3.63) is 11.7 Å². The molecular formula is C11H20N4O. The van der Waals surface area contributed by atoms with E-state index < -0.39 is 0 Å². The Morgan fingerprint density at radius 2 is 2.31 bits per heavy atom. The Morgan fingerprint density at radius 3 is 2.94 bits per heavy atom. The van der Waals surface area contributed by atoms with Gasteiger partial charge in [-0.05, 0) is 12.3 Å². The highest BCUT2D eigenvalue weighted by Gasteiger charge is 2.27. The van der Waals surface area contributed by atoms with Gasteiger partial charge in [-0.25, -0.2) is 0 Å². The number of rotatable bonds is 4. The van der Waals surface area contributed by atoms with Crippen molar-refractivity contribution in [3.63, 3.8) is 0 Å². The smallest absolute Gasteiger partial charge is 0.240 e. The van der Waals surface area contributed by atoms with Crippen LogP contribution in [0.2, 0.25) is 0 Å².